The average molecular weight is 117 g/mol. The summed E-state index contributed by atoms with van der Waals surface area (Å²) in [5.74, 6) is 0. The third kappa shape index (κ3) is 3.05. The minimum atomic E-state index is -0.0556. The van der Waals surface area contributed by atoms with Gasteiger partial charge < -0.3 is 9.51 Å². The summed E-state index contributed by atoms with van der Waals surface area (Å²) < 4.78 is 3.16. The maximum Gasteiger partial charge on any atom is 0.339 e. The monoisotopic (exact) mass is 117 g/mol. The molecule has 0 atom stereocenters. The Bertz CT molecular complexity index is 47.7. The Morgan fingerprint density at radius 1 is 1.38 bits per heavy atom. The summed E-state index contributed by atoms with van der Waals surface area (Å²) in [6.07, 6.45) is 0. The van der Waals surface area contributed by atoms with Gasteiger partial charge in [0, 0.05) is 0 Å². The molecule has 0 bridgehead atoms. The molecule has 3 heteroatoms. The highest BCUT2D eigenvalue weighted by molar-refractivity contribution is 6.24. The molecule has 0 saturated heterocycles. The van der Waals surface area contributed by atoms with E-state index in [1.807, 2.05) is 7.05 Å². The number of hydrogen-bond acceptors (Lipinski definition) is 1. The van der Waals surface area contributed by atoms with Crippen molar-refractivity contribution in [1.29, 1.82) is 0 Å². The third-order valence-corrected chi connectivity index (χ3v) is 1.48. The van der Waals surface area contributed by atoms with E-state index in [1.54, 1.807) is 0 Å². The molecule has 0 saturated carbocycles. The van der Waals surface area contributed by atoms with Crippen LogP contribution >= 0.6 is 0 Å². The normalized spacial score (nSPS) is 10.5. The first-order valence-corrected chi connectivity index (χ1v) is 3.40. The van der Waals surface area contributed by atoms with E-state index in [1.165, 1.54) is 0 Å². The summed E-state index contributed by atoms with van der Waals surface area (Å²) in [5, 5.41) is 3.18. The number of nitrogens with one attached hydrogen (secondary N) is 1. The molecule has 2 nitrogen and oxygen atoms in total. The van der Waals surface area contributed by atoms with Crippen LogP contribution in [0.2, 0.25) is 0 Å². The first kappa shape index (κ1) is 7.98. The molecule has 0 aliphatic heterocycles. The molecular formula is C5H16BNO. The van der Waals surface area contributed by atoms with Gasteiger partial charge in [0.05, 0.1) is 13.2 Å². The lowest BCUT2D eigenvalue weighted by Gasteiger charge is -2.25. The Hall–Kier alpha value is -0.0151. The summed E-state index contributed by atoms with van der Waals surface area (Å²) >= 11 is 0. The molecule has 0 aliphatic rings. The van der Waals surface area contributed by atoms with Gasteiger partial charge >= 0.3 is 7.62 Å². The van der Waals surface area contributed by atoms with Gasteiger partial charge in [0.1, 0.15) is 0 Å². The Labute approximate surface area is 52.2 Å². The Kier molecular flexibility index (Phi) is 5.12. The predicted molar refractivity (Wildman–Crippen MR) is 39.8 cm³/mol. The van der Waals surface area contributed by atoms with E-state index in [0.29, 0.717) is 0 Å². The summed E-state index contributed by atoms with van der Waals surface area (Å²) in [6, 6.07) is 0. The van der Waals surface area contributed by atoms with Crippen molar-refractivity contribution in [2.24, 2.45) is 0 Å². The third-order valence-electron chi connectivity index (χ3n) is 1.48. The first-order valence-electron chi connectivity index (χ1n) is 3.40. The van der Waals surface area contributed by atoms with Crippen LogP contribution in [-0.4, -0.2) is 27.9 Å². The van der Waals surface area contributed by atoms with Gasteiger partial charge in [0.25, 0.3) is 0 Å². The lowest BCUT2D eigenvalue weighted by atomic mass is 10.3. The SMILES string of the molecule is CC[O+]([BH2-]NC)CC. The van der Waals surface area contributed by atoms with Crippen LogP contribution in [0.25, 0.3) is 0 Å². The van der Waals surface area contributed by atoms with Crippen LogP contribution in [0.15, 0.2) is 0 Å². The van der Waals surface area contributed by atoms with Gasteiger partial charge in [0.15, 0.2) is 0 Å². The molecule has 1 N–H and O–H groups in total. The fraction of sp³-hybridized carbons (Fsp3) is 1.00. The molecule has 0 spiro atoms. The van der Waals surface area contributed by atoms with Crippen LogP contribution in [0.3, 0.4) is 0 Å². The molecule has 0 aromatic rings. The Morgan fingerprint density at radius 3 is 2.00 bits per heavy atom. The fourth-order valence-corrected chi connectivity index (χ4v) is 0.781. The Morgan fingerprint density at radius 2 is 1.88 bits per heavy atom. The van der Waals surface area contributed by atoms with Crippen LogP contribution in [-0.2, 0) is 4.28 Å². The second kappa shape index (κ2) is 5.13. The van der Waals surface area contributed by atoms with Crippen molar-refractivity contribution in [3.05, 3.63) is 0 Å². The van der Waals surface area contributed by atoms with Gasteiger partial charge in [-0.15, -0.1) is 0 Å². The zero-order valence-corrected chi connectivity index (χ0v) is 6.32. The highest BCUT2D eigenvalue weighted by Gasteiger charge is 1.90. The van der Waals surface area contributed by atoms with Crippen LogP contribution in [0.5, 0.6) is 0 Å². The van der Waals surface area contributed by atoms with Crippen molar-refractivity contribution < 1.29 is 4.28 Å². The molecule has 0 radical (unpaired) electrons. The van der Waals surface area contributed by atoms with Crippen LogP contribution in [0.1, 0.15) is 13.8 Å². The highest BCUT2D eigenvalue weighted by Crippen LogP contribution is 1.86. The Balaban J connectivity index is 3.07. The van der Waals surface area contributed by atoms with Gasteiger partial charge in [-0.2, -0.15) is 0 Å². The largest absolute Gasteiger partial charge is 0.663 e. The van der Waals surface area contributed by atoms with Crippen molar-refractivity contribution in [2.45, 2.75) is 13.8 Å². The number of rotatable bonds is 4. The molecule has 0 amide bonds. The molecule has 0 rings (SSSR count). The summed E-state index contributed by atoms with van der Waals surface area (Å²) in [4.78, 5) is 0. The molecule has 0 aliphatic carbocycles. The molecule has 0 aromatic carbocycles. The highest BCUT2D eigenvalue weighted by atomic mass is 16.6. The van der Waals surface area contributed by atoms with Crippen molar-refractivity contribution in [2.75, 3.05) is 20.3 Å². The fourth-order valence-electron chi connectivity index (χ4n) is 0.781. The van der Waals surface area contributed by atoms with E-state index in [-0.39, 0.29) is 7.62 Å². The molecule has 0 fully saturated rings. The van der Waals surface area contributed by atoms with E-state index >= 15 is 0 Å². The maximum absolute atomic E-state index is 3.18. The molecule has 0 unspecified atom stereocenters. The van der Waals surface area contributed by atoms with E-state index in [4.69, 9.17) is 0 Å². The zero-order valence-electron chi connectivity index (χ0n) is 6.32. The second-order valence-corrected chi connectivity index (χ2v) is 2.06. The lowest BCUT2D eigenvalue weighted by molar-refractivity contribution is 0.0298. The van der Waals surface area contributed by atoms with E-state index in [0.717, 1.165) is 13.2 Å². The lowest BCUT2D eigenvalue weighted by Crippen LogP contribution is -2.28. The van der Waals surface area contributed by atoms with Gasteiger partial charge in [-0.05, 0) is 20.9 Å². The van der Waals surface area contributed by atoms with Crippen molar-refractivity contribution in [1.82, 2.24) is 5.23 Å². The van der Waals surface area contributed by atoms with Gasteiger partial charge in [-0.25, -0.2) is 0 Å². The van der Waals surface area contributed by atoms with Crippen molar-refractivity contribution in [3.8, 4) is 0 Å². The van der Waals surface area contributed by atoms with Crippen LogP contribution in [0, 0.1) is 0 Å². The topological polar surface area (TPSA) is 14.7 Å². The quantitative estimate of drug-likeness (QED) is 0.398. The summed E-state index contributed by atoms with van der Waals surface area (Å²) in [7, 11) is 1.95. The van der Waals surface area contributed by atoms with Crippen LogP contribution in [0.4, 0.5) is 0 Å². The predicted octanol–water partition coefficient (Wildman–Crippen LogP) is -0.203. The van der Waals surface area contributed by atoms with Gasteiger partial charge in [0.2, 0.25) is 0 Å². The zero-order chi connectivity index (χ0) is 6.41. The standard InChI is InChI=1S/C5H16BNO/c1-4-8(5-2)6-7-3/h7H,4-6H2,1-3H3. The maximum atomic E-state index is 3.18. The van der Waals surface area contributed by atoms with E-state index in [2.05, 4.69) is 23.4 Å². The summed E-state index contributed by atoms with van der Waals surface area (Å²) in [6.45, 7) is 6.54. The van der Waals surface area contributed by atoms with Crippen molar-refractivity contribution in [3.63, 3.8) is 0 Å². The molecule has 50 valence electrons. The van der Waals surface area contributed by atoms with Crippen LogP contribution < -0.4 is 5.23 Å². The second-order valence-electron chi connectivity index (χ2n) is 2.06. The van der Waals surface area contributed by atoms with E-state index in [9.17, 15) is 0 Å². The first-order chi connectivity index (χ1) is 3.85. The van der Waals surface area contributed by atoms with Gasteiger partial charge in [-0.3, -0.25) is 0 Å². The molecule has 0 heterocycles. The molecule has 8 heavy (non-hydrogen) atoms. The molecule has 0 aromatic heterocycles. The summed E-state index contributed by atoms with van der Waals surface area (Å²) in [5.41, 5.74) is 0. The van der Waals surface area contributed by atoms with Crippen molar-refractivity contribution >= 4 is 7.62 Å². The molecular weight excluding hydrogens is 101 g/mol. The number of hydrogen-bond donors (Lipinski definition) is 1. The van der Waals surface area contributed by atoms with E-state index < -0.39 is 0 Å². The average Bonchev–Trinajstić information content (AvgIpc) is 1.83. The minimum absolute atomic E-state index is 0.0556. The van der Waals surface area contributed by atoms with Gasteiger partial charge in [-0.1, -0.05) is 0 Å². The smallest absolute Gasteiger partial charge is 0.339 e. The minimum Gasteiger partial charge on any atom is -0.663 e.